The van der Waals surface area contributed by atoms with Crippen molar-refractivity contribution in [3.8, 4) is 22.9 Å². The maximum atomic E-state index is 5.37. The van der Waals surface area contributed by atoms with Gasteiger partial charge in [-0.2, -0.15) is 0 Å². The Morgan fingerprint density at radius 1 is 0.926 bits per heavy atom. The largest absolute Gasteiger partial charge is 0.493 e. The van der Waals surface area contributed by atoms with Crippen LogP contribution in [0, 0.1) is 6.92 Å². The molecule has 0 saturated heterocycles. The van der Waals surface area contributed by atoms with Crippen LogP contribution in [0.3, 0.4) is 0 Å². The van der Waals surface area contributed by atoms with E-state index in [4.69, 9.17) is 14.5 Å². The molecule has 2 heterocycles. The van der Waals surface area contributed by atoms with Gasteiger partial charge in [0.1, 0.15) is 11.3 Å². The molecule has 0 spiro atoms. The Labute approximate surface area is 157 Å². The number of nitrogens with one attached hydrogen (secondary N) is 2. The van der Waals surface area contributed by atoms with Crippen LogP contribution in [0.25, 0.3) is 22.4 Å². The molecular formula is C21H20N4O2. The lowest BCUT2D eigenvalue weighted by atomic mass is 10.1. The van der Waals surface area contributed by atoms with E-state index in [-0.39, 0.29) is 0 Å². The summed E-state index contributed by atoms with van der Waals surface area (Å²) in [6, 6.07) is 15.8. The fourth-order valence-electron chi connectivity index (χ4n) is 2.93. The Kier molecular flexibility index (Phi) is 4.38. The highest BCUT2D eigenvalue weighted by Gasteiger charge is 2.11. The Hall–Kier alpha value is -3.54. The molecule has 0 aliphatic heterocycles. The van der Waals surface area contributed by atoms with Crippen LogP contribution in [-0.4, -0.2) is 29.2 Å². The van der Waals surface area contributed by atoms with E-state index in [2.05, 4.69) is 46.5 Å². The minimum absolute atomic E-state index is 0.650. The molecule has 0 aliphatic carbocycles. The van der Waals surface area contributed by atoms with Crippen LogP contribution in [0.1, 0.15) is 5.56 Å². The number of hydrogen-bond acceptors (Lipinski definition) is 5. The van der Waals surface area contributed by atoms with Crippen LogP contribution >= 0.6 is 0 Å². The third kappa shape index (κ3) is 3.29. The molecule has 136 valence electrons. The third-order valence-corrected chi connectivity index (χ3v) is 4.37. The summed E-state index contributed by atoms with van der Waals surface area (Å²) in [7, 11) is 3.23. The van der Waals surface area contributed by atoms with Crippen molar-refractivity contribution in [2.24, 2.45) is 0 Å². The highest BCUT2D eigenvalue weighted by atomic mass is 16.5. The first-order valence-corrected chi connectivity index (χ1v) is 8.59. The molecular weight excluding hydrogens is 340 g/mol. The van der Waals surface area contributed by atoms with Gasteiger partial charge in [-0.05, 0) is 25.1 Å². The first-order chi connectivity index (χ1) is 13.2. The number of hydrogen-bond donors (Lipinski definition) is 2. The van der Waals surface area contributed by atoms with E-state index in [0.29, 0.717) is 17.3 Å². The number of H-pyrrole nitrogens is 1. The van der Waals surface area contributed by atoms with Crippen LogP contribution in [0.5, 0.6) is 11.5 Å². The van der Waals surface area contributed by atoms with Crippen molar-refractivity contribution in [2.75, 3.05) is 19.5 Å². The molecule has 0 amide bonds. The van der Waals surface area contributed by atoms with E-state index < -0.39 is 0 Å². The van der Waals surface area contributed by atoms with Crippen LogP contribution < -0.4 is 14.8 Å². The second-order valence-corrected chi connectivity index (χ2v) is 6.20. The summed E-state index contributed by atoms with van der Waals surface area (Å²) in [5.74, 6) is 2.82. The molecule has 0 bridgehead atoms. The fourth-order valence-corrected chi connectivity index (χ4v) is 2.93. The van der Waals surface area contributed by atoms with Crippen LogP contribution in [0.15, 0.2) is 54.7 Å². The lowest BCUT2D eigenvalue weighted by Crippen LogP contribution is -1.96. The Morgan fingerprint density at radius 2 is 1.70 bits per heavy atom. The molecule has 0 atom stereocenters. The number of aromatic amines is 1. The zero-order valence-corrected chi connectivity index (χ0v) is 15.4. The number of ether oxygens (including phenoxy) is 2. The SMILES string of the molecule is COc1ccc(Nc2nccc3[nH]c(-c4ccc(C)cc4)nc23)cc1OC. The predicted octanol–water partition coefficient (Wildman–Crippen LogP) is 4.69. The summed E-state index contributed by atoms with van der Waals surface area (Å²) in [4.78, 5) is 12.6. The number of aryl methyl sites for hydroxylation is 1. The average Bonchev–Trinajstić information content (AvgIpc) is 3.14. The monoisotopic (exact) mass is 360 g/mol. The third-order valence-electron chi connectivity index (χ3n) is 4.37. The maximum absolute atomic E-state index is 5.37. The highest BCUT2D eigenvalue weighted by Crippen LogP contribution is 2.32. The van der Waals surface area contributed by atoms with Gasteiger partial charge in [-0.15, -0.1) is 0 Å². The molecule has 0 unspecified atom stereocenters. The van der Waals surface area contributed by atoms with Gasteiger partial charge in [0, 0.05) is 23.5 Å². The van der Waals surface area contributed by atoms with E-state index >= 15 is 0 Å². The summed E-state index contributed by atoms with van der Waals surface area (Å²) < 4.78 is 10.7. The van der Waals surface area contributed by atoms with E-state index in [1.807, 2.05) is 24.3 Å². The molecule has 0 aliphatic rings. The quantitative estimate of drug-likeness (QED) is 0.540. The van der Waals surface area contributed by atoms with Crippen LogP contribution in [0.4, 0.5) is 11.5 Å². The fraction of sp³-hybridized carbons (Fsp3) is 0.143. The Morgan fingerprint density at radius 3 is 2.44 bits per heavy atom. The number of nitrogens with zero attached hydrogens (tertiary/aromatic N) is 2. The summed E-state index contributed by atoms with van der Waals surface area (Å²) >= 11 is 0. The van der Waals surface area contributed by atoms with Gasteiger partial charge in [-0.25, -0.2) is 9.97 Å². The van der Waals surface area contributed by atoms with Gasteiger partial charge >= 0.3 is 0 Å². The van der Waals surface area contributed by atoms with Gasteiger partial charge in [-0.1, -0.05) is 29.8 Å². The topological polar surface area (TPSA) is 72.1 Å². The van der Waals surface area contributed by atoms with Gasteiger partial charge in [0.2, 0.25) is 0 Å². The molecule has 2 aromatic carbocycles. The highest BCUT2D eigenvalue weighted by molar-refractivity contribution is 5.90. The number of aromatic nitrogens is 3. The summed E-state index contributed by atoms with van der Waals surface area (Å²) in [5, 5.41) is 3.32. The van der Waals surface area contributed by atoms with Gasteiger partial charge in [0.05, 0.1) is 19.7 Å². The zero-order chi connectivity index (χ0) is 18.8. The Balaban J connectivity index is 1.71. The molecule has 2 aromatic heterocycles. The van der Waals surface area contributed by atoms with Gasteiger partial charge in [0.25, 0.3) is 0 Å². The van der Waals surface area contributed by atoms with Gasteiger partial charge in [-0.3, -0.25) is 0 Å². The van der Waals surface area contributed by atoms with Crippen molar-refractivity contribution < 1.29 is 9.47 Å². The van der Waals surface area contributed by atoms with Crippen molar-refractivity contribution in [1.29, 1.82) is 0 Å². The average molecular weight is 360 g/mol. The second kappa shape index (κ2) is 6.99. The minimum atomic E-state index is 0.650. The number of fused-ring (bicyclic) bond motifs is 1. The molecule has 6 heteroatoms. The molecule has 0 fully saturated rings. The first kappa shape index (κ1) is 16.9. The second-order valence-electron chi connectivity index (χ2n) is 6.20. The molecule has 4 aromatic rings. The Bertz CT molecular complexity index is 1090. The van der Waals surface area contributed by atoms with E-state index in [1.54, 1.807) is 20.4 Å². The minimum Gasteiger partial charge on any atom is -0.493 e. The van der Waals surface area contributed by atoms with Crippen molar-refractivity contribution in [2.45, 2.75) is 6.92 Å². The first-order valence-electron chi connectivity index (χ1n) is 8.59. The zero-order valence-electron chi connectivity index (χ0n) is 15.4. The summed E-state index contributed by atoms with van der Waals surface area (Å²) in [6.07, 6.45) is 1.75. The lowest BCUT2D eigenvalue weighted by Gasteiger charge is -2.11. The summed E-state index contributed by atoms with van der Waals surface area (Å²) in [6.45, 7) is 2.07. The maximum Gasteiger partial charge on any atom is 0.162 e. The van der Waals surface area contributed by atoms with Crippen molar-refractivity contribution in [3.63, 3.8) is 0 Å². The van der Waals surface area contributed by atoms with E-state index in [9.17, 15) is 0 Å². The molecule has 27 heavy (non-hydrogen) atoms. The van der Waals surface area contributed by atoms with Gasteiger partial charge < -0.3 is 19.8 Å². The molecule has 4 rings (SSSR count). The molecule has 6 nitrogen and oxygen atoms in total. The number of benzene rings is 2. The van der Waals surface area contributed by atoms with Crippen LogP contribution in [-0.2, 0) is 0 Å². The number of methoxy groups -OCH3 is 2. The predicted molar refractivity (Wildman–Crippen MR) is 107 cm³/mol. The molecule has 2 N–H and O–H groups in total. The van der Waals surface area contributed by atoms with Crippen molar-refractivity contribution >= 4 is 22.5 Å². The molecule has 0 radical (unpaired) electrons. The van der Waals surface area contributed by atoms with Crippen molar-refractivity contribution in [1.82, 2.24) is 15.0 Å². The van der Waals surface area contributed by atoms with Gasteiger partial charge in [0.15, 0.2) is 17.3 Å². The standard InChI is InChI=1S/C21H20N4O2/c1-13-4-6-14(7-5-13)20-24-16-10-11-22-21(19(16)25-20)23-15-8-9-17(26-2)18(12-15)27-3/h4-12H,1-3H3,(H,22,23)(H,24,25). The summed E-state index contributed by atoms with van der Waals surface area (Å²) in [5.41, 5.74) is 4.79. The van der Waals surface area contributed by atoms with Crippen LogP contribution in [0.2, 0.25) is 0 Å². The number of imidazole rings is 1. The molecule has 0 saturated carbocycles. The van der Waals surface area contributed by atoms with E-state index in [1.165, 1.54) is 5.56 Å². The number of rotatable bonds is 5. The normalized spacial score (nSPS) is 10.8. The number of anilines is 2. The lowest BCUT2D eigenvalue weighted by molar-refractivity contribution is 0.355. The van der Waals surface area contributed by atoms with E-state index in [0.717, 1.165) is 28.1 Å². The smallest absolute Gasteiger partial charge is 0.162 e. The number of pyridine rings is 1. The van der Waals surface area contributed by atoms with Crippen molar-refractivity contribution in [3.05, 3.63) is 60.3 Å².